The molecule has 114 valence electrons. The summed E-state index contributed by atoms with van der Waals surface area (Å²) in [5.74, 6) is 0.899. The molecule has 0 aliphatic heterocycles. The highest BCUT2D eigenvalue weighted by Gasteiger charge is 2.33. The zero-order valence-electron chi connectivity index (χ0n) is 13.7. The minimum atomic E-state index is 0.373. The molecule has 0 spiro atoms. The Kier molecular flexibility index (Phi) is 7.33. The predicted octanol–water partition coefficient (Wildman–Crippen LogP) is 2.55. The summed E-state index contributed by atoms with van der Waals surface area (Å²) < 4.78 is 0. The van der Waals surface area contributed by atoms with E-state index in [1.54, 1.807) is 0 Å². The number of nitrogens with zero attached hydrogens (tertiary/aromatic N) is 2. The molecule has 4 atom stereocenters. The molecule has 1 rings (SSSR count). The maximum absolute atomic E-state index is 6.43. The van der Waals surface area contributed by atoms with Gasteiger partial charge in [0.1, 0.15) is 0 Å². The molecule has 1 aliphatic carbocycles. The Morgan fingerprint density at radius 3 is 2.42 bits per heavy atom. The Hall–Kier alpha value is -0.120. The second-order valence-corrected chi connectivity index (χ2v) is 6.64. The fourth-order valence-electron chi connectivity index (χ4n) is 3.81. The van der Waals surface area contributed by atoms with Gasteiger partial charge in [0.25, 0.3) is 0 Å². The SMILES string of the molecule is CCCC1CCC(N)C(N(CC)C(C)CN(C)C)C1. The molecule has 3 heteroatoms. The summed E-state index contributed by atoms with van der Waals surface area (Å²) in [5, 5.41) is 0. The average molecular weight is 269 g/mol. The second-order valence-electron chi connectivity index (χ2n) is 6.64. The van der Waals surface area contributed by atoms with Gasteiger partial charge in [-0.05, 0) is 52.7 Å². The van der Waals surface area contributed by atoms with Crippen LogP contribution in [0.4, 0.5) is 0 Å². The fourth-order valence-corrected chi connectivity index (χ4v) is 3.81. The van der Waals surface area contributed by atoms with E-state index in [4.69, 9.17) is 5.73 Å². The molecule has 2 N–H and O–H groups in total. The number of rotatable bonds is 7. The van der Waals surface area contributed by atoms with Crippen LogP contribution in [0.3, 0.4) is 0 Å². The lowest BCUT2D eigenvalue weighted by Gasteiger charge is -2.44. The Morgan fingerprint density at radius 2 is 1.89 bits per heavy atom. The van der Waals surface area contributed by atoms with Gasteiger partial charge in [-0.3, -0.25) is 4.90 Å². The Labute approximate surface area is 120 Å². The zero-order valence-corrected chi connectivity index (χ0v) is 13.7. The highest BCUT2D eigenvalue weighted by Crippen LogP contribution is 2.31. The van der Waals surface area contributed by atoms with Gasteiger partial charge in [0.15, 0.2) is 0 Å². The van der Waals surface area contributed by atoms with Crippen LogP contribution < -0.4 is 5.73 Å². The van der Waals surface area contributed by atoms with Crippen molar-refractivity contribution in [3.05, 3.63) is 0 Å². The van der Waals surface area contributed by atoms with Crippen molar-refractivity contribution < 1.29 is 0 Å². The van der Waals surface area contributed by atoms with Crippen molar-refractivity contribution in [3.63, 3.8) is 0 Å². The first-order valence-electron chi connectivity index (χ1n) is 8.15. The van der Waals surface area contributed by atoms with Crippen LogP contribution in [-0.4, -0.2) is 55.1 Å². The third-order valence-corrected chi connectivity index (χ3v) is 4.66. The van der Waals surface area contributed by atoms with Crippen molar-refractivity contribution in [2.45, 2.75) is 71.0 Å². The molecular formula is C16H35N3. The van der Waals surface area contributed by atoms with E-state index >= 15 is 0 Å². The van der Waals surface area contributed by atoms with Crippen molar-refractivity contribution in [1.29, 1.82) is 0 Å². The van der Waals surface area contributed by atoms with Crippen molar-refractivity contribution in [1.82, 2.24) is 9.80 Å². The quantitative estimate of drug-likeness (QED) is 0.771. The van der Waals surface area contributed by atoms with Crippen LogP contribution in [-0.2, 0) is 0 Å². The fraction of sp³-hybridized carbons (Fsp3) is 1.00. The van der Waals surface area contributed by atoms with Crippen molar-refractivity contribution in [2.24, 2.45) is 11.7 Å². The summed E-state index contributed by atoms with van der Waals surface area (Å²) in [6, 6.07) is 1.55. The highest BCUT2D eigenvalue weighted by molar-refractivity contribution is 4.91. The van der Waals surface area contributed by atoms with Crippen molar-refractivity contribution in [3.8, 4) is 0 Å². The Balaban J connectivity index is 2.65. The molecular weight excluding hydrogens is 234 g/mol. The number of likely N-dealkylation sites (N-methyl/N-ethyl adjacent to an activating group) is 2. The van der Waals surface area contributed by atoms with E-state index in [1.165, 1.54) is 32.1 Å². The minimum absolute atomic E-state index is 0.373. The van der Waals surface area contributed by atoms with E-state index in [9.17, 15) is 0 Å². The second kappa shape index (κ2) is 8.23. The molecule has 0 aromatic carbocycles. The van der Waals surface area contributed by atoms with Gasteiger partial charge in [-0.2, -0.15) is 0 Å². The molecule has 1 fully saturated rings. The molecule has 0 aromatic rings. The highest BCUT2D eigenvalue weighted by atomic mass is 15.2. The molecule has 1 saturated carbocycles. The van der Waals surface area contributed by atoms with Crippen LogP contribution in [0.5, 0.6) is 0 Å². The average Bonchev–Trinajstić information content (AvgIpc) is 2.33. The number of nitrogens with two attached hydrogens (primary N) is 1. The molecule has 0 aromatic heterocycles. The predicted molar refractivity (Wildman–Crippen MR) is 84.4 cm³/mol. The van der Waals surface area contributed by atoms with E-state index in [0.29, 0.717) is 18.1 Å². The molecule has 4 unspecified atom stereocenters. The summed E-state index contributed by atoms with van der Waals surface area (Å²) in [6.07, 6.45) is 6.54. The summed E-state index contributed by atoms with van der Waals surface area (Å²) in [4.78, 5) is 4.93. The lowest BCUT2D eigenvalue weighted by Crippen LogP contribution is -2.55. The first kappa shape index (κ1) is 16.9. The maximum atomic E-state index is 6.43. The molecule has 1 aliphatic rings. The zero-order chi connectivity index (χ0) is 14.4. The summed E-state index contributed by atoms with van der Waals surface area (Å²) in [7, 11) is 4.32. The minimum Gasteiger partial charge on any atom is -0.326 e. The van der Waals surface area contributed by atoms with Gasteiger partial charge in [-0.1, -0.05) is 26.7 Å². The first-order valence-corrected chi connectivity index (χ1v) is 8.15. The van der Waals surface area contributed by atoms with Crippen molar-refractivity contribution in [2.75, 3.05) is 27.2 Å². The van der Waals surface area contributed by atoms with Crippen LogP contribution in [0, 0.1) is 5.92 Å². The van der Waals surface area contributed by atoms with Crippen LogP contribution >= 0.6 is 0 Å². The van der Waals surface area contributed by atoms with Crippen molar-refractivity contribution >= 4 is 0 Å². The normalized spacial score (nSPS) is 30.0. The smallest absolute Gasteiger partial charge is 0.0253 e. The van der Waals surface area contributed by atoms with Gasteiger partial charge >= 0.3 is 0 Å². The molecule has 0 saturated heterocycles. The number of hydrogen-bond acceptors (Lipinski definition) is 3. The largest absolute Gasteiger partial charge is 0.326 e. The monoisotopic (exact) mass is 269 g/mol. The Morgan fingerprint density at radius 1 is 1.21 bits per heavy atom. The van der Waals surface area contributed by atoms with E-state index in [2.05, 4.69) is 44.7 Å². The topological polar surface area (TPSA) is 32.5 Å². The maximum Gasteiger partial charge on any atom is 0.0253 e. The van der Waals surface area contributed by atoms with Gasteiger partial charge in [0.05, 0.1) is 0 Å². The van der Waals surface area contributed by atoms with Gasteiger partial charge in [-0.15, -0.1) is 0 Å². The first-order chi connectivity index (χ1) is 8.99. The van der Waals surface area contributed by atoms with E-state index < -0.39 is 0 Å². The third-order valence-electron chi connectivity index (χ3n) is 4.66. The molecule has 0 heterocycles. The van der Waals surface area contributed by atoms with Gasteiger partial charge in [0, 0.05) is 24.7 Å². The molecule has 0 bridgehead atoms. The van der Waals surface area contributed by atoms with Crippen LogP contribution in [0.25, 0.3) is 0 Å². The third kappa shape index (κ3) is 5.05. The summed E-state index contributed by atoms with van der Waals surface area (Å²) >= 11 is 0. The lowest BCUT2D eigenvalue weighted by molar-refractivity contribution is 0.0690. The van der Waals surface area contributed by atoms with E-state index in [1.807, 2.05) is 0 Å². The van der Waals surface area contributed by atoms with Crippen LogP contribution in [0.2, 0.25) is 0 Å². The molecule has 0 amide bonds. The van der Waals surface area contributed by atoms with Gasteiger partial charge in [0.2, 0.25) is 0 Å². The molecule has 3 nitrogen and oxygen atoms in total. The van der Waals surface area contributed by atoms with E-state index in [-0.39, 0.29) is 0 Å². The molecule has 19 heavy (non-hydrogen) atoms. The van der Waals surface area contributed by atoms with Gasteiger partial charge in [-0.25, -0.2) is 0 Å². The van der Waals surface area contributed by atoms with Crippen LogP contribution in [0.15, 0.2) is 0 Å². The molecule has 0 radical (unpaired) electrons. The summed E-state index contributed by atoms with van der Waals surface area (Å²) in [6.45, 7) is 9.17. The van der Waals surface area contributed by atoms with Gasteiger partial charge < -0.3 is 10.6 Å². The van der Waals surface area contributed by atoms with E-state index in [0.717, 1.165) is 19.0 Å². The standard InChI is InChI=1S/C16H35N3/c1-6-8-14-9-10-15(17)16(11-14)19(7-2)13(3)12-18(4)5/h13-16H,6-12,17H2,1-5H3. The van der Waals surface area contributed by atoms with Crippen LogP contribution in [0.1, 0.15) is 52.9 Å². The Bertz CT molecular complexity index is 242. The lowest BCUT2D eigenvalue weighted by atomic mass is 9.79. The summed E-state index contributed by atoms with van der Waals surface area (Å²) in [5.41, 5.74) is 6.43. The number of hydrogen-bond donors (Lipinski definition) is 1.